The van der Waals surface area contributed by atoms with Crippen LogP contribution in [0.25, 0.3) is 11.3 Å². The first kappa shape index (κ1) is 18.8. The Morgan fingerprint density at radius 3 is 2.71 bits per heavy atom. The third kappa shape index (κ3) is 4.49. The number of rotatable bonds is 7. The van der Waals surface area contributed by atoms with Crippen LogP contribution in [-0.2, 0) is 17.8 Å². The zero-order chi connectivity index (χ0) is 19.3. The molecule has 1 unspecified atom stereocenters. The van der Waals surface area contributed by atoms with Crippen LogP contribution in [0, 0.1) is 13.8 Å². The van der Waals surface area contributed by atoms with Gasteiger partial charge in [-0.3, -0.25) is 15.0 Å². The summed E-state index contributed by atoms with van der Waals surface area (Å²) >= 11 is 0. The molecule has 1 atom stereocenters. The van der Waals surface area contributed by atoms with Gasteiger partial charge in [-0.15, -0.1) is 0 Å². The van der Waals surface area contributed by atoms with E-state index in [0.717, 1.165) is 44.8 Å². The molecule has 1 aliphatic heterocycles. The van der Waals surface area contributed by atoms with E-state index in [2.05, 4.69) is 64.3 Å². The molecule has 0 bridgehead atoms. The highest BCUT2D eigenvalue weighted by Gasteiger charge is 2.21. The molecule has 0 aliphatic carbocycles. The molecular weight excluding hydrogens is 348 g/mol. The quantitative estimate of drug-likeness (QED) is 0.669. The maximum atomic E-state index is 5.91. The first-order chi connectivity index (χ1) is 13.7. The van der Waals surface area contributed by atoms with E-state index >= 15 is 0 Å². The molecule has 4 rings (SSSR count). The van der Waals surface area contributed by atoms with Crippen LogP contribution in [0.1, 0.15) is 35.1 Å². The van der Waals surface area contributed by atoms with Crippen molar-refractivity contribution >= 4 is 0 Å². The molecule has 0 saturated carbocycles. The Morgan fingerprint density at radius 2 is 1.96 bits per heavy atom. The standard InChI is InChI=1S/C23H28N4O/c1-17-5-6-20(12-18(17)2)23-21(13-25-26-23)15-27(16-22-4-3-11-28-22)14-19-7-9-24-10-8-19/h5-10,12-13,22H,3-4,11,14-16H2,1-2H3,(H,25,26). The number of H-pyrrole nitrogens is 1. The van der Waals surface area contributed by atoms with Crippen molar-refractivity contribution in [2.24, 2.45) is 0 Å². The topological polar surface area (TPSA) is 54.0 Å². The van der Waals surface area contributed by atoms with Crippen LogP contribution in [0.3, 0.4) is 0 Å². The zero-order valence-electron chi connectivity index (χ0n) is 16.7. The molecule has 1 aromatic carbocycles. The Morgan fingerprint density at radius 1 is 1.11 bits per heavy atom. The number of aromatic nitrogens is 3. The molecule has 1 N–H and O–H groups in total. The number of benzene rings is 1. The van der Waals surface area contributed by atoms with E-state index in [9.17, 15) is 0 Å². The van der Waals surface area contributed by atoms with Gasteiger partial charge < -0.3 is 4.74 Å². The summed E-state index contributed by atoms with van der Waals surface area (Å²) in [5.74, 6) is 0. The molecule has 146 valence electrons. The number of nitrogens with one attached hydrogen (secondary N) is 1. The average Bonchev–Trinajstić information content (AvgIpc) is 3.37. The molecule has 2 aromatic heterocycles. The first-order valence-electron chi connectivity index (χ1n) is 10.0. The van der Waals surface area contributed by atoms with E-state index < -0.39 is 0 Å². The molecule has 3 aromatic rings. The summed E-state index contributed by atoms with van der Waals surface area (Å²) in [5, 5.41) is 7.56. The maximum absolute atomic E-state index is 5.91. The van der Waals surface area contributed by atoms with Gasteiger partial charge in [0.05, 0.1) is 18.0 Å². The molecule has 28 heavy (non-hydrogen) atoms. The van der Waals surface area contributed by atoms with Gasteiger partial charge in [-0.05, 0) is 61.6 Å². The molecule has 3 heterocycles. The minimum Gasteiger partial charge on any atom is -0.377 e. The van der Waals surface area contributed by atoms with E-state index in [1.54, 1.807) is 0 Å². The smallest absolute Gasteiger partial charge is 0.0703 e. The summed E-state index contributed by atoms with van der Waals surface area (Å²) in [4.78, 5) is 6.60. The zero-order valence-corrected chi connectivity index (χ0v) is 16.7. The lowest BCUT2D eigenvalue weighted by atomic mass is 10.0. The summed E-state index contributed by atoms with van der Waals surface area (Å²) in [5.41, 5.74) is 7.39. The van der Waals surface area contributed by atoms with Crippen LogP contribution in [-0.4, -0.2) is 39.3 Å². The number of aromatic amines is 1. The second kappa shape index (κ2) is 8.67. The summed E-state index contributed by atoms with van der Waals surface area (Å²) in [7, 11) is 0. The Kier molecular flexibility index (Phi) is 5.84. The van der Waals surface area contributed by atoms with Gasteiger partial charge in [0.25, 0.3) is 0 Å². The van der Waals surface area contributed by atoms with Gasteiger partial charge in [-0.25, -0.2) is 0 Å². The van der Waals surface area contributed by atoms with Crippen LogP contribution in [0.2, 0.25) is 0 Å². The monoisotopic (exact) mass is 376 g/mol. The normalized spacial score (nSPS) is 16.8. The molecule has 5 nitrogen and oxygen atoms in total. The van der Waals surface area contributed by atoms with E-state index in [1.165, 1.54) is 27.8 Å². The SMILES string of the molecule is Cc1ccc(-c2[nH]ncc2CN(Cc2ccncc2)CC2CCCO2)cc1C. The van der Waals surface area contributed by atoms with Crippen LogP contribution in [0.15, 0.2) is 48.9 Å². The molecule has 1 saturated heterocycles. The van der Waals surface area contributed by atoms with Gasteiger partial charge in [-0.2, -0.15) is 5.10 Å². The van der Waals surface area contributed by atoms with Crippen LogP contribution in [0.4, 0.5) is 0 Å². The van der Waals surface area contributed by atoms with E-state index in [0.29, 0.717) is 6.10 Å². The Labute approximate surface area is 166 Å². The second-order valence-corrected chi connectivity index (χ2v) is 7.73. The summed E-state index contributed by atoms with van der Waals surface area (Å²) in [6.45, 7) is 7.82. The van der Waals surface area contributed by atoms with Gasteiger partial charge in [0, 0.05) is 49.8 Å². The highest BCUT2D eigenvalue weighted by atomic mass is 16.5. The number of ether oxygens (including phenoxy) is 1. The number of hydrogen-bond acceptors (Lipinski definition) is 4. The van der Waals surface area contributed by atoms with Crippen molar-refractivity contribution in [3.8, 4) is 11.3 Å². The van der Waals surface area contributed by atoms with E-state index in [-0.39, 0.29) is 0 Å². The second-order valence-electron chi connectivity index (χ2n) is 7.73. The Hall–Kier alpha value is -2.50. The van der Waals surface area contributed by atoms with Crippen molar-refractivity contribution in [3.05, 3.63) is 71.2 Å². The van der Waals surface area contributed by atoms with Gasteiger partial charge in [0.2, 0.25) is 0 Å². The summed E-state index contributed by atoms with van der Waals surface area (Å²) in [6.07, 6.45) is 8.30. The molecular formula is C23H28N4O. The highest BCUT2D eigenvalue weighted by Crippen LogP contribution is 2.26. The van der Waals surface area contributed by atoms with Crippen molar-refractivity contribution in [1.82, 2.24) is 20.1 Å². The lowest BCUT2D eigenvalue weighted by Gasteiger charge is -2.25. The van der Waals surface area contributed by atoms with E-state index in [1.807, 2.05) is 18.6 Å². The Bertz CT molecular complexity index is 900. The minimum atomic E-state index is 0.318. The van der Waals surface area contributed by atoms with Gasteiger partial charge >= 0.3 is 0 Å². The molecule has 5 heteroatoms. The van der Waals surface area contributed by atoms with Crippen molar-refractivity contribution in [2.75, 3.05) is 13.2 Å². The van der Waals surface area contributed by atoms with Crippen molar-refractivity contribution in [1.29, 1.82) is 0 Å². The van der Waals surface area contributed by atoms with Crippen LogP contribution < -0.4 is 0 Å². The molecule has 1 fully saturated rings. The van der Waals surface area contributed by atoms with Crippen LogP contribution >= 0.6 is 0 Å². The van der Waals surface area contributed by atoms with E-state index in [4.69, 9.17) is 4.74 Å². The number of nitrogens with zero attached hydrogens (tertiary/aromatic N) is 3. The molecule has 0 amide bonds. The first-order valence-corrected chi connectivity index (χ1v) is 10.0. The fraction of sp³-hybridized carbons (Fsp3) is 0.391. The lowest BCUT2D eigenvalue weighted by Crippen LogP contribution is -2.31. The molecule has 0 spiro atoms. The van der Waals surface area contributed by atoms with Crippen molar-refractivity contribution < 1.29 is 4.74 Å². The third-order valence-corrected chi connectivity index (χ3v) is 5.55. The maximum Gasteiger partial charge on any atom is 0.0703 e. The lowest BCUT2D eigenvalue weighted by molar-refractivity contribution is 0.0679. The molecule has 1 aliphatic rings. The fourth-order valence-electron chi connectivity index (χ4n) is 3.83. The van der Waals surface area contributed by atoms with Crippen molar-refractivity contribution in [3.63, 3.8) is 0 Å². The Balaban J connectivity index is 1.56. The largest absolute Gasteiger partial charge is 0.377 e. The van der Waals surface area contributed by atoms with Gasteiger partial charge in [0.15, 0.2) is 0 Å². The van der Waals surface area contributed by atoms with Gasteiger partial charge in [0.1, 0.15) is 0 Å². The average molecular weight is 377 g/mol. The van der Waals surface area contributed by atoms with Crippen LogP contribution in [0.5, 0.6) is 0 Å². The summed E-state index contributed by atoms with van der Waals surface area (Å²) < 4.78 is 5.91. The minimum absolute atomic E-state index is 0.318. The van der Waals surface area contributed by atoms with Gasteiger partial charge in [-0.1, -0.05) is 12.1 Å². The predicted molar refractivity (Wildman–Crippen MR) is 111 cm³/mol. The van der Waals surface area contributed by atoms with Crippen molar-refractivity contribution in [2.45, 2.75) is 45.9 Å². The fourth-order valence-corrected chi connectivity index (χ4v) is 3.83. The summed E-state index contributed by atoms with van der Waals surface area (Å²) in [6, 6.07) is 10.8. The predicted octanol–water partition coefficient (Wildman–Crippen LogP) is 4.27. The third-order valence-electron chi connectivity index (χ3n) is 5.55. The number of pyridine rings is 1. The number of hydrogen-bond donors (Lipinski definition) is 1. The number of aryl methyl sites for hydroxylation is 2. The highest BCUT2D eigenvalue weighted by molar-refractivity contribution is 5.64. The molecule has 0 radical (unpaired) electrons.